The number of anilines is 2. The van der Waals surface area contributed by atoms with E-state index in [9.17, 15) is 4.79 Å². The minimum atomic E-state index is -0.0651. The number of nitrogens with two attached hydrogens (primary N) is 1. The Balaban J connectivity index is 2.68. The van der Waals surface area contributed by atoms with Gasteiger partial charge in [0.25, 0.3) is 5.91 Å². The summed E-state index contributed by atoms with van der Waals surface area (Å²) in [4.78, 5) is 11.8. The van der Waals surface area contributed by atoms with Crippen molar-refractivity contribution >= 4 is 29.0 Å². The average molecular weight is 295 g/mol. The van der Waals surface area contributed by atoms with Gasteiger partial charge in [-0.2, -0.15) is 11.8 Å². The molecule has 1 aromatic carbocycles. The van der Waals surface area contributed by atoms with Crippen LogP contribution in [-0.4, -0.2) is 30.0 Å². The van der Waals surface area contributed by atoms with Gasteiger partial charge in [-0.3, -0.25) is 4.79 Å². The average Bonchev–Trinajstić information content (AvgIpc) is 2.42. The zero-order valence-electron chi connectivity index (χ0n) is 12.5. The van der Waals surface area contributed by atoms with Crippen LogP contribution in [0.15, 0.2) is 18.2 Å². The third-order valence-corrected chi connectivity index (χ3v) is 3.89. The van der Waals surface area contributed by atoms with E-state index in [1.54, 1.807) is 12.1 Å². The summed E-state index contributed by atoms with van der Waals surface area (Å²) in [5, 5.41) is 6.18. The van der Waals surface area contributed by atoms with Crippen LogP contribution in [0.4, 0.5) is 11.4 Å². The van der Waals surface area contributed by atoms with Crippen molar-refractivity contribution in [3.63, 3.8) is 0 Å². The number of nitrogens with one attached hydrogen (secondary N) is 2. The van der Waals surface area contributed by atoms with Crippen molar-refractivity contribution < 1.29 is 4.79 Å². The number of hydrogen-bond donors (Lipinski definition) is 3. The molecule has 4 N–H and O–H groups in total. The van der Waals surface area contributed by atoms with Gasteiger partial charge < -0.3 is 16.4 Å². The molecular formula is C15H25N3OS. The molecular weight excluding hydrogens is 270 g/mol. The Bertz CT molecular complexity index is 437. The lowest BCUT2D eigenvalue weighted by Gasteiger charge is -2.17. The number of carbonyl (C=O) groups excluding carboxylic acids is 1. The molecule has 0 aliphatic carbocycles. The fourth-order valence-electron chi connectivity index (χ4n) is 1.83. The molecule has 0 bridgehead atoms. The molecule has 112 valence electrons. The van der Waals surface area contributed by atoms with Crippen molar-refractivity contribution in [3.05, 3.63) is 23.8 Å². The Morgan fingerprint density at radius 2 is 2.15 bits per heavy atom. The second-order valence-corrected chi connectivity index (χ2v) is 6.09. The first-order chi connectivity index (χ1) is 9.58. The van der Waals surface area contributed by atoms with Gasteiger partial charge in [0.2, 0.25) is 0 Å². The van der Waals surface area contributed by atoms with Crippen molar-refractivity contribution in [1.82, 2.24) is 5.32 Å². The summed E-state index contributed by atoms with van der Waals surface area (Å²) in [7, 11) is 0. The predicted molar refractivity (Wildman–Crippen MR) is 89.6 cm³/mol. The molecule has 1 aromatic rings. The van der Waals surface area contributed by atoms with Gasteiger partial charge in [-0.05, 0) is 50.0 Å². The molecule has 4 nitrogen and oxygen atoms in total. The van der Waals surface area contributed by atoms with Crippen LogP contribution in [-0.2, 0) is 0 Å². The van der Waals surface area contributed by atoms with Crippen LogP contribution in [0.1, 0.15) is 37.6 Å². The Labute approximate surface area is 125 Å². The third-order valence-electron chi connectivity index (χ3n) is 2.95. The molecule has 0 spiro atoms. The van der Waals surface area contributed by atoms with Gasteiger partial charge >= 0.3 is 0 Å². The molecule has 1 amide bonds. The molecule has 0 saturated heterocycles. The zero-order valence-corrected chi connectivity index (χ0v) is 13.3. The molecule has 0 radical (unpaired) electrons. The van der Waals surface area contributed by atoms with Crippen LogP contribution >= 0.6 is 11.8 Å². The lowest BCUT2D eigenvalue weighted by atomic mass is 10.1. The van der Waals surface area contributed by atoms with Gasteiger partial charge in [0.1, 0.15) is 0 Å². The number of amides is 1. The van der Waals surface area contributed by atoms with Crippen LogP contribution in [0, 0.1) is 0 Å². The van der Waals surface area contributed by atoms with Crippen molar-refractivity contribution in [1.29, 1.82) is 0 Å². The zero-order chi connectivity index (χ0) is 15.0. The first-order valence-electron chi connectivity index (χ1n) is 7.10. The molecule has 0 aromatic heterocycles. The summed E-state index contributed by atoms with van der Waals surface area (Å²) in [6, 6.07) is 5.69. The topological polar surface area (TPSA) is 67.2 Å². The monoisotopic (exact) mass is 295 g/mol. The summed E-state index contributed by atoms with van der Waals surface area (Å²) in [5.74, 6) is 2.20. The van der Waals surface area contributed by atoms with Gasteiger partial charge in [0.15, 0.2) is 0 Å². The Morgan fingerprint density at radius 1 is 1.40 bits per heavy atom. The highest BCUT2D eigenvalue weighted by atomic mass is 32.2. The molecule has 5 heteroatoms. The summed E-state index contributed by atoms with van der Waals surface area (Å²) in [6.07, 6.45) is 1.07. The number of carbonyl (C=O) groups is 1. The van der Waals surface area contributed by atoms with E-state index in [4.69, 9.17) is 5.73 Å². The molecule has 0 saturated carbocycles. The Kier molecular flexibility index (Phi) is 7.30. The minimum absolute atomic E-state index is 0.0651. The van der Waals surface area contributed by atoms with E-state index in [0.717, 1.165) is 23.6 Å². The van der Waals surface area contributed by atoms with E-state index < -0.39 is 0 Å². The van der Waals surface area contributed by atoms with Crippen molar-refractivity contribution in [2.75, 3.05) is 29.1 Å². The van der Waals surface area contributed by atoms with E-state index >= 15 is 0 Å². The highest BCUT2D eigenvalue weighted by Gasteiger charge is 2.09. The molecule has 1 atom stereocenters. The SMILES string of the molecule is CCNC(=O)c1ccc(N)c(NC(C)CCSCC)c1. The summed E-state index contributed by atoms with van der Waals surface area (Å²) >= 11 is 1.93. The third kappa shape index (κ3) is 5.33. The minimum Gasteiger partial charge on any atom is -0.397 e. The van der Waals surface area contributed by atoms with Crippen molar-refractivity contribution in [2.45, 2.75) is 33.2 Å². The fourth-order valence-corrected chi connectivity index (χ4v) is 2.64. The lowest BCUT2D eigenvalue weighted by molar-refractivity contribution is 0.0956. The maximum Gasteiger partial charge on any atom is 0.251 e. The van der Waals surface area contributed by atoms with Gasteiger partial charge in [-0.15, -0.1) is 0 Å². The second kappa shape index (κ2) is 8.74. The van der Waals surface area contributed by atoms with Crippen LogP contribution in [0.5, 0.6) is 0 Å². The molecule has 0 fully saturated rings. The van der Waals surface area contributed by atoms with E-state index in [1.165, 1.54) is 0 Å². The quantitative estimate of drug-likeness (QED) is 0.509. The van der Waals surface area contributed by atoms with Gasteiger partial charge in [-0.25, -0.2) is 0 Å². The standard InChI is InChI=1S/C15H25N3OS/c1-4-17-15(19)12-6-7-13(16)14(10-12)18-11(3)8-9-20-5-2/h6-7,10-11,18H,4-5,8-9,16H2,1-3H3,(H,17,19). The predicted octanol–water partition coefficient (Wildman–Crippen LogP) is 2.96. The van der Waals surface area contributed by atoms with Gasteiger partial charge in [-0.1, -0.05) is 6.92 Å². The van der Waals surface area contributed by atoms with Crippen LogP contribution < -0.4 is 16.4 Å². The number of benzene rings is 1. The summed E-state index contributed by atoms with van der Waals surface area (Å²) in [6.45, 7) is 6.82. The normalized spacial score (nSPS) is 11.9. The van der Waals surface area contributed by atoms with E-state index in [-0.39, 0.29) is 5.91 Å². The van der Waals surface area contributed by atoms with E-state index in [2.05, 4.69) is 24.5 Å². The van der Waals surface area contributed by atoms with Crippen molar-refractivity contribution in [2.24, 2.45) is 0 Å². The number of nitrogen functional groups attached to an aromatic ring is 1. The van der Waals surface area contributed by atoms with E-state index in [0.29, 0.717) is 23.8 Å². The molecule has 0 heterocycles. The van der Waals surface area contributed by atoms with Gasteiger partial charge in [0, 0.05) is 18.2 Å². The summed E-state index contributed by atoms with van der Waals surface area (Å²) < 4.78 is 0. The van der Waals surface area contributed by atoms with Gasteiger partial charge in [0.05, 0.1) is 11.4 Å². The lowest BCUT2D eigenvalue weighted by Crippen LogP contribution is -2.23. The maximum atomic E-state index is 11.8. The first kappa shape index (κ1) is 16.7. The number of rotatable bonds is 8. The second-order valence-electron chi connectivity index (χ2n) is 4.69. The Morgan fingerprint density at radius 3 is 2.80 bits per heavy atom. The molecule has 1 rings (SSSR count). The van der Waals surface area contributed by atoms with Crippen LogP contribution in [0.3, 0.4) is 0 Å². The highest BCUT2D eigenvalue weighted by molar-refractivity contribution is 7.99. The van der Waals surface area contributed by atoms with E-state index in [1.807, 2.05) is 24.8 Å². The number of thioether (sulfide) groups is 1. The molecule has 1 unspecified atom stereocenters. The smallest absolute Gasteiger partial charge is 0.251 e. The van der Waals surface area contributed by atoms with Crippen LogP contribution in [0.2, 0.25) is 0 Å². The largest absolute Gasteiger partial charge is 0.397 e. The Hall–Kier alpha value is -1.36. The van der Waals surface area contributed by atoms with Crippen molar-refractivity contribution in [3.8, 4) is 0 Å². The molecule has 20 heavy (non-hydrogen) atoms. The highest BCUT2D eigenvalue weighted by Crippen LogP contribution is 2.22. The van der Waals surface area contributed by atoms with Crippen LogP contribution in [0.25, 0.3) is 0 Å². The molecule has 0 aliphatic rings. The fraction of sp³-hybridized carbons (Fsp3) is 0.533. The number of hydrogen-bond acceptors (Lipinski definition) is 4. The summed E-state index contributed by atoms with van der Waals surface area (Å²) in [5.41, 5.74) is 8.11. The molecule has 0 aliphatic heterocycles. The first-order valence-corrected chi connectivity index (χ1v) is 8.25. The maximum absolute atomic E-state index is 11.8.